The molecular weight excluding hydrogens is 356 g/mol. The molecule has 0 saturated carbocycles. The molecule has 0 radical (unpaired) electrons. The summed E-state index contributed by atoms with van der Waals surface area (Å²) in [5.41, 5.74) is 5.10. The molecule has 2 aromatic rings. The fourth-order valence-electron chi connectivity index (χ4n) is 4.50. The highest BCUT2D eigenvalue weighted by molar-refractivity contribution is 5.54. The first-order valence-electron chi connectivity index (χ1n) is 9.66. The van der Waals surface area contributed by atoms with Crippen molar-refractivity contribution in [3.05, 3.63) is 57.6 Å². The molecule has 0 spiro atoms. The summed E-state index contributed by atoms with van der Waals surface area (Å²) in [6.07, 6.45) is -0.313. The lowest BCUT2D eigenvalue weighted by atomic mass is 9.75. The van der Waals surface area contributed by atoms with Crippen molar-refractivity contribution in [2.45, 2.75) is 52.4 Å². The van der Waals surface area contributed by atoms with Crippen LogP contribution in [-0.2, 0) is 9.47 Å². The maximum absolute atomic E-state index is 10.9. The van der Waals surface area contributed by atoms with E-state index in [-0.39, 0.29) is 29.9 Å². The lowest BCUT2D eigenvalue weighted by Crippen LogP contribution is -2.27. The van der Waals surface area contributed by atoms with E-state index in [0.717, 1.165) is 33.4 Å². The summed E-state index contributed by atoms with van der Waals surface area (Å²) in [5.74, 6) is -0.0675. The Kier molecular flexibility index (Phi) is 5.98. The van der Waals surface area contributed by atoms with Gasteiger partial charge >= 0.3 is 0 Å². The molecule has 1 aliphatic heterocycles. The number of aromatic hydroxyl groups is 2. The summed E-state index contributed by atoms with van der Waals surface area (Å²) in [4.78, 5) is 0. The van der Waals surface area contributed by atoms with Gasteiger partial charge in [-0.05, 0) is 38.8 Å². The highest BCUT2D eigenvalue weighted by Crippen LogP contribution is 2.48. The fourth-order valence-corrected chi connectivity index (χ4v) is 4.50. The third-order valence-electron chi connectivity index (χ3n) is 5.76. The van der Waals surface area contributed by atoms with Gasteiger partial charge in [0.15, 0.2) is 6.29 Å². The molecule has 28 heavy (non-hydrogen) atoms. The number of aliphatic hydroxyl groups is 1. The predicted molar refractivity (Wildman–Crippen MR) is 108 cm³/mol. The molecule has 3 atom stereocenters. The number of aryl methyl sites for hydroxylation is 4. The Morgan fingerprint density at radius 1 is 0.964 bits per heavy atom. The van der Waals surface area contributed by atoms with Gasteiger partial charge in [0, 0.05) is 36.5 Å². The minimum atomic E-state index is -0.449. The highest BCUT2D eigenvalue weighted by Gasteiger charge is 2.43. The summed E-state index contributed by atoms with van der Waals surface area (Å²) >= 11 is 0. The van der Waals surface area contributed by atoms with E-state index in [4.69, 9.17) is 9.47 Å². The van der Waals surface area contributed by atoms with Gasteiger partial charge in [-0.1, -0.05) is 35.4 Å². The number of hydrogen-bond donors (Lipinski definition) is 3. The Morgan fingerprint density at radius 3 is 1.89 bits per heavy atom. The van der Waals surface area contributed by atoms with Crippen molar-refractivity contribution >= 4 is 0 Å². The van der Waals surface area contributed by atoms with Crippen LogP contribution in [0.5, 0.6) is 11.5 Å². The molecule has 3 rings (SSSR count). The maximum Gasteiger partial charge on any atom is 0.158 e. The number of rotatable bonds is 5. The van der Waals surface area contributed by atoms with E-state index in [1.54, 1.807) is 7.11 Å². The van der Waals surface area contributed by atoms with E-state index in [2.05, 4.69) is 0 Å². The van der Waals surface area contributed by atoms with Crippen molar-refractivity contribution in [3.63, 3.8) is 0 Å². The van der Waals surface area contributed by atoms with Crippen LogP contribution in [0.4, 0.5) is 0 Å². The number of phenolic OH excluding ortho intramolecular Hbond substituents is 2. The molecular formula is C23H30O5. The van der Waals surface area contributed by atoms with Gasteiger partial charge in [-0.15, -0.1) is 0 Å². The monoisotopic (exact) mass is 386 g/mol. The molecule has 0 aromatic heterocycles. The maximum atomic E-state index is 10.9. The second-order valence-corrected chi connectivity index (χ2v) is 7.94. The minimum Gasteiger partial charge on any atom is -0.507 e. The Labute approximate surface area is 166 Å². The Balaban J connectivity index is 2.24. The quantitative estimate of drug-likeness (QED) is 0.728. The molecule has 3 unspecified atom stereocenters. The van der Waals surface area contributed by atoms with E-state index in [1.807, 2.05) is 52.0 Å². The number of phenols is 2. The van der Waals surface area contributed by atoms with Gasteiger partial charge in [0.05, 0.1) is 12.7 Å². The predicted octanol–water partition coefficient (Wildman–Crippen LogP) is 3.83. The van der Waals surface area contributed by atoms with Gasteiger partial charge in [-0.2, -0.15) is 0 Å². The zero-order chi connectivity index (χ0) is 20.6. The standard InChI is InChI=1S/C23H30O5/c1-12-6-14(3)22(25)17(8-12)21(16-10-20(27-5)28-19(16)11-24)18-9-13(2)7-15(4)23(18)26/h6-9,16,19-21,24-26H,10-11H2,1-5H3. The topological polar surface area (TPSA) is 79.2 Å². The van der Waals surface area contributed by atoms with E-state index >= 15 is 0 Å². The molecule has 2 aromatic carbocycles. The fraction of sp³-hybridized carbons (Fsp3) is 0.478. The van der Waals surface area contributed by atoms with Gasteiger partial charge in [-0.25, -0.2) is 0 Å². The van der Waals surface area contributed by atoms with Crippen molar-refractivity contribution in [2.24, 2.45) is 5.92 Å². The van der Waals surface area contributed by atoms with E-state index in [1.165, 1.54) is 0 Å². The van der Waals surface area contributed by atoms with E-state index in [9.17, 15) is 15.3 Å². The van der Waals surface area contributed by atoms with Gasteiger partial charge in [0.25, 0.3) is 0 Å². The van der Waals surface area contributed by atoms with E-state index < -0.39 is 12.4 Å². The lowest BCUT2D eigenvalue weighted by molar-refractivity contribution is -0.124. The Hall–Kier alpha value is -2.08. The molecule has 5 heteroatoms. The molecule has 1 aliphatic rings. The summed E-state index contributed by atoms with van der Waals surface area (Å²) in [7, 11) is 1.58. The second-order valence-electron chi connectivity index (χ2n) is 7.94. The number of hydrogen-bond acceptors (Lipinski definition) is 5. The van der Waals surface area contributed by atoms with Crippen molar-refractivity contribution in [2.75, 3.05) is 13.7 Å². The molecule has 0 amide bonds. The van der Waals surface area contributed by atoms with Crippen molar-refractivity contribution in [3.8, 4) is 11.5 Å². The van der Waals surface area contributed by atoms with Crippen LogP contribution >= 0.6 is 0 Å². The van der Waals surface area contributed by atoms with Gasteiger partial charge in [0.2, 0.25) is 0 Å². The van der Waals surface area contributed by atoms with Crippen LogP contribution < -0.4 is 0 Å². The van der Waals surface area contributed by atoms with Crippen molar-refractivity contribution in [1.29, 1.82) is 0 Å². The first-order chi connectivity index (χ1) is 13.3. The average molecular weight is 386 g/mol. The first-order valence-corrected chi connectivity index (χ1v) is 9.66. The second kappa shape index (κ2) is 8.11. The zero-order valence-electron chi connectivity index (χ0n) is 17.2. The van der Waals surface area contributed by atoms with Crippen LogP contribution in [0.1, 0.15) is 45.7 Å². The summed E-state index contributed by atoms with van der Waals surface area (Å²) in [5, 5.41) is 31.8. The minimum absolute atomic E-state index is 0.155. The van der Waals surface area contributed by atoms with Gasteiger partial charge < -0.3 is 24.8 Å². The highest BCUT2D eigenvalue weighted by atomic mass is 16.7. The van der Waals surface area contributed by atoms with Crippen LogP contribution in [-0.4, -0.2) is 41.4 Å². The molecule has 152 valence electrons. The molecule has 5 nitrogen and oxygen atoms in total. The third kappa shape index (κ3) is 3.75. The Morgan fingerprint density at radius 2 is 1.46 bits per heavy atom. The average Bonchev–Trinajstić information content (AvgIpc) is 3.06. The molecule has 0 bridgehead atoms. The SMILES string of the molecule is COC1CC(C(c2cc(C)cc(C)c2O)c2cc(C)cc(C)c2O)C(CO)O1. The first kappa shape index (κ1) is 20.6. The molecule has 0 aliphatic carbocycles. The number of benzene rings is 2. The summed E-state index contributed by atoms with van der Waals surface area (Å²) in [6, 6.07) is 7.78. The molecule has 1 heterocycles. The summed E-state index contributed by atoms with van der Waals surface area (Å²) in [6.45, 7) is 7.56. The molecule has 3 N–H and O–H groups in total. The number of methoxy groups -OCH3 is 1. The van der Waals surface area contributed by atoms with Crippen LogP contribution in [0.2, 0.25) is 0 Å². The van der Waals surface area contributed by atoms with E-state index in [0.29, 0.717) is 6.42 Å². The van der Waals surface area contributed by atoms with Crippen molar-refractivity contribution < 1.29 is 24.8 Å². The van der Waals surface area contributed by atoms with Crippen LogP contribution in [0.25, 0.3) is 0 Å². The van der Waals surface area contributed by atoms with Crippen LogP contribution in [0, 0.1) is 33.6 Å². The van der Waals surface area contributed by atoms with Gasteiger partial charge in [0.1, 0.15) is 11.5 Å². The lowest BCUT2D eigenvalue weighted by Gasteiger charge is -2.30. The smallest absolute Gasteiger partial charge is 0.158 e. The zero-order valence-corrected chi connectivity index (χ0v) is 17.2. The van der Waals surface area contributed by atoms with Crippen LogP contribution in [0.3, 0.4) is 0 Å². The van der Waals surface area contributed by atoms with Crippen LogP contribution in [0.15, 0.2) is 24.3 Å². The normalized spacial score (nSPS) is 22.2. The number of ether oxygens (including phenoxy) is 2. The largest absolute Gasteiger partial charge is 0.507 e. The van der Waals surface area contributed by atoms with Crippen molar-refractivity contribution in [1.82, 2.24) is 0 Å². The summed E-state index contributed by atoms with van der Waals surface area (Å²) < 4.78 is 11.3. The van der Waals surface area contributed by atoms with Gasteiger partial charge in [-0.3, -0.25) is 0 Å². The molecule has 1 saturated heterocycles. The molecule has 1 fully saturated rings. The third-order valence-corrected chi connectivity index (χ3v) is 5.76. The number of aliphatic hydroxyl groups excluding tert-OH is 1. The Bertz CT molecular complexity index is 803.